The van der Waals surface area contributed by atoms with Crippen LogP contribution in [0.3, 0.4) is 0 Å². The van der Waals surface area contributed by atoms with Gasteiger partial charge in [-0.05, 0) is 30.2 Å². The predicted octanol–water partition coefficient (Wildman–Crippen LogP) is 2.23. The number of nitrogens with zero attached hydrogens (tertiary/aromatic N) is 1. The summed E-state index contributed by atoms with van der Waals surface area (Å²) in [6.45, 7) is 0. The standard InChI is InChI=1S/C19H22N2O4S/c1-21(2)26(23,24)18-11-14(9-10-17(18)25-3)19(22)20-16-12-15(16)13-7-5-4-6-8-13/h4-11,15-16H,12H2,1-3H3,(H,20,22). The average Bonchev–Trinajstić information content (AvgIpc) is 3.40. The lowest BCUT2D eigenvalue weighted by Gasteiger charge is -2.15. The lowest BCUT2D eigenvalue weighted by atomic mass is 10.1. The molecule has 138 valence electrons. The molecular weight excluding hydrogens is 352 g/mol. The van der Waals surface area contributed by atoms with E-state index in [9.17, 15) is 13.2 Å². The van der Waals surface area contributed by atoms with Crippen LogP contribution in [-0.2, 0) is 10.0 Å². The normalized spacial score (nSPS) is 19.2. The number of methoxy groups -OCH3 is 1. The highest BCUT2D eigenvalue weighted by Crippen LogP contribution is 2.40. The minimum Gasteiger partial charge on any atom is -0.495 e. The zero-order chi connectivity index (χ0) is 18.9. The molecule has 2 aromatic carbocycles. The Balaban J connectivity index is 1.79. The lowest BCUT2D eigenvalue weighted by Crippen LogP contribution is -2.27. The van der Waals surface area contributed by atoms with Gasteiger partial charge in [0, 0.05) is 31.6 Å². The van der Waals surface area contributed by atoms with Gasteiger partial charge in [0.05, 0.1) is 7.11 Å². The second-order valence-electron chi connectivity index (χ2n) is 6.49. The largest absolute Gasteiger partial charge is 0.495 e. The Kier molecular flexibility index (Phi) is 5.02. The molecule has 2 atom stereocenters. The third-order valence-electron chi connectivity index (χ3n) is 4.52. The van der Waals surface area contributed by atoms with E-state index < -0.39 is 10.0 Å². The monoisotopic (exact) mass is 374 g/mol. The summed E-state index contributed by atoms with van der Waals surface area (Å²) in [7, 11) is 0.569. The van der Waals surface area contributed by atoms with Gasteiger partial charge in [-0.1, -0.05) is 30.3 Å². The molecule has 2 unspecified atom stereocenters. The highest BCUT2D eigenvalue weighted by atomic mass is 32.2. The van der Waals surface area contributed by atoms with Gasteiger partial charge >= 0.3 is 0 Å². The van der Waals surface area contributed by atoms with Crippen molar-refractivity contribution in [2.24, 2.45) is 0 Å². The van der Waals surface area contributed by atoms with E-state index in [1.54, 1.807) is 6.07 Å². The predicted molar refractivity (Wildman–Crippen MR) is 98.9 cm³/mol. The van der Waals surface area contributed by atoms with Crippen molar-refractivity contribution in [2.75, 3.05) is 21.2 Å². The molecule has 26 heavy (non-hydrogen) atoms. The third-order valence-corrected chi connectivity index (χ3v) is 6.36. The quantitative estimate of drug-likeness (QED) is 0.841. The van der Waals surface area contributed by atoms with Gasteiger partial charge in [0.2, 0.25) is 10.0 Å². The number of sulfonamides is 1. The Morgan fingerprint density at radius 1 is 1.15 bits per heavy atom. The van der Waals surface area contributed by atoms with Gasteiger partial charge in [0.1, 0.15) is 10.6 Å². The Hall–Kier alpha value is -2.38. The molecule has 2 aromatic rings. The van der Waals surface area contributed by atoms with Gasteiger partial charge in [-0.2, -0.15) is 0 Å². The van der Waals surface area contributed by atoms with Crippen molar-refractivity contribution in [3.05, 3.63) is 59.7 Å². The molecule has 6 nitrogen and oxygen atoms in total. The molecule has 3 rings (SSSR count). The molecule has 0 spiro atoms. The lowest BCUT2D eigenvalue weighted by molar-refractivity contribution is 0.0950. The molecule has 0 heterocycles. The summed E-state index contributed by atoms with van der Waals surface area (Å²) in [5, 5.41) is 2.98. The van der Waals surface area contributed by atoms with Gasteiger partial charge in [-0.3, -0.25) is 4.79 Å². The number of carbonyl (C=O) groups excluding carboxylic acids is 1. The van der Waals surface area contributed by atoms with Crippen molar-refractivity contribution in [1.29, 1.82) is 0 Å². The smallest absolute Gasteiger partial charge is 0.251 e. The maximum Gasteiger partial charge on any atom is 0.251 e. The molecule has 1 N–H and O–H groups in total. The van der Waals surface area contributed by atoms with Crippen LogP contribution in [0.2, 0.25) is 0 Å². The van der Waals surface area contributed by atoms with Gasteiger partial charge < -0.3 is 10.1 Å². The van der Waals surface area contributed by atoms with Gasteiger partial charge in [-0.25, -0.2) is 12.7 Å². The molecule has 0 saturated heterocycles. The molecular formula is C19H22N2O4S. The summed E-state index contributed by atoms with van der Waals surface area (Å²) < 4.78 is 31.2. The molecule has 1 aliphatic rings. The van der Waals surface area contributed by atoms with Crippen LogP contribution in [-0.4, -0.2) is 45.9 Å². The van der Waals surface area contributed by atoms with Crippen molar-refractivity contribution in [3.8, 4) is 5.75 Å². The fraction of sp³-hybridized carbons (Fsp3) is 0.316. The van der Waals surface area contributed by atoms with Crippen LogP contribution < -0.4 is 10.1 Å². The first-order valence-corrected chi connectivity index (χ1v) is 9.75. The fourth-order valence-electron chi connectivity index (χ4n) is 2.89. The number of hydrogen-bond donors (Lipinski definition) is 1. The molecule has 1 aliphatic carbocycles. The Morgan fingerprint density at radius 2 is 1.85 bits per heavy atom. The molecule has 1 amide bonds. The molecule has 0 aromatic heterocycles. The Morgan fingerprint density at radius 3 is 2.46 bits per heavy atom. The summed E-state index contributed by atoms with van der Waals surface area (Å²) in [5.41, 5.74) is 1.49. The highest BCUT2D eigenvalue weighted by Gasteiger charge is 2.39. The van der Waals surface area contributed by atoms with Crippen LogP contribution in [0.5, 0.6) is 5.75 Å². The summed E-state index contributed by atoms with van der Waals surface area (Å²) in [4.78, 5) is 12.5. The van der Waals surface area contributed by atoms with Crippen molar-refractivity contribution >= 4 is 15.9 Å². The summed E-state index contributed by atoms with van der Waals surface area (Å²) >= 11 is 0. The molecule has 0 bridgehead atoms. The number of benzene rings is 2. The Bertz CT molecular complexity index is 910. The molecule has 0 aliphatic heterocycles. The minimum absolute atomic E-state index is 0.0203. The number of ether oxygens (including phenoxy) is 1. The first-order chi connectivity index (χ1) is 12.3. The summed E-state index contributed by atoms with van der Waals surface area (Å²) in [6, 6.07) is 14.5. The number of amides is 1. The van der Waals surface area contributed by atoms with E-state index in [0.717, 1.165) is 10.7 Å². The zero-order valence-corrected chi connectivity index (χ0v) is 15.8. The van der Waals surface area contributed by atoms with E-state index >= 15 is 0 Å². The van der Waals surface area contributed by atoms with E-state index in [0.29, 0.717) is 11.5 Å². The van der Waals surface area contributed by atoms with Gasteiger partial charge in [0.25, 0.3) is 5.91 Å². The maximum atomic E-state index is 12.6. The highest BCUT2D eigenvalue weighted by molar-refractivity contribution is 7.89. The van der Waals surface area contributed by atoms with Gasteiger partial charge in [0.15, 0.2) is 0 Å². The van der Waals surface area contributed by atoms with E-state index in [1.807, 2.05) is 30.3 Å². The summed E-state index contributed by atoms with van der Waals surface area (Å²) in [5.74, 6) is 0.235. The van der Waals surface area contributed by atoms with Crippen LogP contribution in [0.15, 0.2) is 53.4 Å². The van der Waals surface area contributed by atoms with E-state index in [4.69, 9.17) is 4.74 Å². The first-order valence-electron chi connectivity index (χ1n) is 8.31. The van der Waals surface area contributed by atoms with Crippen molar-refractivity contribution in [1.82, 2.24) is 9.62 Å². The average molecular weight is 374 g/mol. The number of hydrogen-bond acceptors (Lipinski definition) is 4. The Labute approximate surface area is 153 Å². The van der Waals surface area contributed by atoms with Crippen LogP contribution in [0.1, 0.15) is 28.3 Å². The molecule has 1 saturated carbocycles. The van der Waals surface area contributed by atoms with E-state index in [-0.39, 0.29) is 22.6 Å². The minimum atomic E-state index is -3.71. The van der Waals surface area contributed by atoms with Crippen LogP contribution in [0, 0.1) is 0 Å². The maximum absolute atomic E-state index is 12.6. The fourth-order valence-corrected chi connectivity index (χ4v) is 3.97. The molecule has 7 heteroatoms. The molecule has 0 radical (unpaired) electrons. The van der Waals surface area contributed by atoms with Crippen LogP contribution in [0.25, 0.3) is 0 Å². The number of rotatable bonds is 6. The number of carbonyl (C=O) groups is 1. The zero-order valence-electron chi connectivity index (χ0n) is 15.0. The second kappa shape index (κ2) is 7.09. The number of nitrogens with one attached hydrogen (secondary N) is 1. The van der Waals surface area contributed by atoms with Crippen molar-refractivity contribution in [2.45, 2.75) is 23.3 Å². The van der Waals surface area contributed by atoms with Crippen LogP contribution >= 0.6 is 0 Å². The van der Waals surface area contributed by atoms with Crippen LogP contribution in [0.4, 0.5) is 0 Å². The van der Waals surface area contributed by atoms with E-state index in [2.05, 4.69) is 5.32 Å². The SMILES string of the molecule is COc1ccc(C(=O)NC2CC2c2ccccc2)cc1S(=O)(=O)N(C)C. The molecule has 1 fully saturated rings. The third kappa shape index (κ3) is 3.59. The van der Waals surface area contributed by atoms with E-state index in [1.165, 1.54) is 38.9 Å². The first kappa shape index (κ1) is 18.4. The summed E-state index contributed by atoms with van der Waals surface area (Å²) in [6.07, 6.45) is 0.884. The van der Waals surface area contributed by atoms with Crippen molar-refractivity contribution < 1.29 is 17.9 Å². The van der Waals surface area contributed by atoms with Gasteiger partial charge in [-0.15, -0.1) is 0 Å². The van der Waals surface area contributed by atoms with Crippen molar-refractivity contribution in [3.63, 3.8) is 0 Å². The second-order valence-corrected chi connectivity index (χ2v) is 8.61. The topological polar surface area (TPSA) is 75.7 Å².